The average molecular weight is 409 g/mol. The number of carbonyl (C=O) groups is 1. The first-order valence-electron chi connectivity index (χ1n) is 8.53. The van der Waals surface area contributed by atoms with Crippen LogP contribution in [-0.2, 0) is 6.54 Å². The largest absolute Gasteiger partial charge is 0.320 e. The summed E-state index contributed by atoms with van der Waals surface area (Å²) in [5.41, 5.74) is -0.590. The highest BCUT2D eigenvalue weighted by molar-refractivity contribution is 6.31. The lowest BCUT2D eigenvalue weighted by atomic mass is 10.3. The minimum absolute atomic E-state index is 0.116. The molecule has 1 amide bonds. The molecule has 1 N–H and O–H groups in total. The van der Waals surface area contributed by atoms with Crippen molar-refractivity contribution in [2.45, 2.75) is 33.2 Å². The van der Waals surface area contributed by atoms with Crippen LogP contribution in [0.2, 0.25) is 0 Å². The fraction of sp³-hybridized carbons (Fsp3) is 0.263. The summed E-state index contributed by atoms with van der Waals surface area (Å²) in [6.45, 7) is 3.24. The third kappa shape index (κ3) is 6.09. The highest BCUT2D eigenvalue weighted by atomic mass is 35.5. The number of carbonyl (C=O) groups excluding carboxylic acids is 1. The second-order valence-electron chi connectivity index (χ2n) is 5.95. The molecule has 0 aliphatic heterocycles. The molecule has 0 aliphatic carbocycles. The van der Waals surface area contributed by atoms with Gasteiger partial charge in [-0.15, -0.1) is 0 Å². The Kier molecular flexibility index (Phi) is 7.57. The van der Waals surface area contributed by atoms with Gasteiger partial charge in [-0.2, -0.15) is 9.49 Å². The van der Waals surface area contributed by atoms with Crippen LogP contribution in [0.15, 0.2) is 52.2 Å². The maximum Gasteiger partial charge on any atom is 0.280 e. The van der Waals surface area contributed by atoms with E-state index in [0.717, 1.165) is 25.0 Å². The molecule has 0 spiro atoms. The van der Waals surface area contributed by atoms with Crippen LogP contribution in [0.5, 0.6) is 0 Å². The van der Waals surface area contributed by atoms with Gasteiger partial charge in [0.1, 0.15) is 5.83 Å². The van der Waals surface area contributed by atoms with Crippen LogP contribution in [0.25, 0.3) is 0 Å². The number of aromatic nitrogens is 3. The van der Waals surface area contributed by atoms with E-state index in [4.69, 9.17) is 11.6 Å². The maximum absolute atomic E-state index is 14.2. The van der Waals surface area contributed by atoms with E-state index in [-0.39, 0.29) is 17.3 Å². The van der Waals surface area contributed by atoms with Crippen molar-refractivity contribution in [2.75, 3.05) is 5.32 Å². The molecule has 2 aromatic heterocycles. The quantitative estimate of drug-likeness (QED) is 0.552. The van der Waals surface area contributed by atoms with Gasteiger partial charge in [0.25, 0.3) is 5.91 Å². The molecule has 0 unspecified atom stereocenters. The zero-order chi connectivity index (χ0) is 20.7. The van der Waals surface area contributed by atoms with Gasteiger partial charge in [-0.3, -0.25) is 14.3 Å². The van der Waals surface area contributed by atoms with Crippen molar-refractivity contribution >= 4 is 23.2 Å². The molecular formula is C19H19ClF2N4O2. The number of hydrogen-bond acceptors (Lipinski definition) is 4. The Balaban J connectivity index is 2.25. The lowest BCUT2D eigenvalue weighted by Crippen LogP contribution is -2.27. The molecule has 0 saturated heterocycles. The summed E-state index contributed by atoms with van der Waals surface area (Å²) < 4.78 is 28.5. The topological polar surface area (TPSA) is 76.9 Å². The molecule has 2 heterocycles. The van der Waals surface area contributed by atoms with Crippen LogP contribution in [0, 0.1) is 12.9 Å². The summed E-state index contributed by atoms with van der Waals surface area (Å²) >= 11 is 5.94. The molecule has 2 aromatic rings. The van der Waals surface area contributed by atoms with Crippen molar-refractivity contribution in [2.24, 2.45) is 0 Å². The first-order chi connectivity index (χ1) is 13.3. The van der Waals surface area contributed by atoms with Crippen LogP contribution < -0.4 is 10.7 Å². The molecule has 0 saturated carbocycles. The van der Waals surface area contributed by atoms with Gasteiger partial charge in [-0.25, -0.2) is 9.37 Å². The molecule has 0 aromatic carbocycles. The zero-order valence-corrected chi connectivity index (χ0v) is 16.1. The number of amides is 1. The summed E-state index contributed by atoms with van der Waals surface area (Å²) in [5.74, 6) is -2.21. The number of allylic oxidation sites excluding steroid dienone is 4. The molecule has 28 heavy (non-hydrogen) atoms. The van der Waals surface area contributed by atoms with Crippen LogP contribution in [0.1, 0.15) is 35.9 Å². The SMILES string of the molecule is CCC/C=C(Cl)\C=C(\F)Cn1nc(C(=O)Nc2ccnc(F)c2)c(=O)cc1C. The number of halogens is 3. The molecular weight excluding hydrogens is 390 g/mol. The van der Waals surface area contributed by atoms with Gasteiger partial charge >= 0.3 is 0 Å². The van der Waals surface area contributed by atoms with Crippen molar-refractivity contribution in [1.82, 2.24) is 14.8 Å². The van der Waals surface area contributed by atoms with Gasteiger partial charge in [0.2, 0.25) is 11.4 Å². The standard InChI is InChI=1S/C19H19ClF2N4O2/c1-3-4-5-13(20)9-14(21)11-26-12(2)8-16(27)18(25-26)19(28)24-15-6-7-23-17(22)10-15/h5-10H,3-4,11H2,1-2H3,(H,23,24,28)/b13-5+,14-9+. The monoisotopic (exact) mass is 408 g/mol. The van der Waals surface area contributed by atoms with Gasteiger partial charge in [0, 0.05) is 34.7 Å². The Morgan fingerprint density at radius 3 is 2.82 bits per heavy atom. The fourth-order valence-electron chi connectivity index (χ4n) is 2.25. The summed E-state index contributed by atoms with van der Waals surface area (Å²) in [5, 5.41) is 6.56. The molecule has 2 rings (SSSR count). The molecule has 9 heteroatoms. The number of rotatable bonds is 7. The number of pyridine rings is 1. The predicted octanol–water partition coefficient (Wildman–Crippen LogP) is 4.11. The summed E-state index contributed by atoms with van der Waals surface area (Å²) in [4.78, 5) is 27.8. The van der Waals surface area contributed by atoms with Crippen LogP contribution >= 0.6 is 11.6 Å². The summed E-state index contributed by atoms with van der Waals surface area (Å²) in [7, 11) is 0. The van der Waals surface area contributed by atoms with Crippen LogP contribution in [0.3, 0.4) is 0 Å². The Morgan fingerprint density at radius 2 is 2.14 bits per heavy atom. The number of hydrogen-bond donors (Lipinski definition) is 1. The number of aryl methyl sites for hydroxylation is 1. The lowest BCUT2D eigenvalue weighted by molar-refractivity contribution is 0.101. The van der Waals surface area contributed by atoms with Gasteiger partial charge < -0.3 is 5.32 Å². The van der Waals surface area contributed by atoms with E-state index in [2.05, 4.69) is 15.4 Å². The van der Waals surface area contributed by atoms with Gasteiger partial charge in [-0.05, 0) is 25.5 Å². The Morgan fingerprint density at radius 1 is 1.39 bits per heavy atom. The van der Waals surface area contributed by atoms with E-state index in [1.165, 1.54) is 23.0 Å². The van der Waals surface area contributed by atoms with Crippen molar-refractivity contribution in [3.05, 3.63) is 75.0 Å². The molecule has 0 fully saturated rings. The van der Waals surface area contributed by atoms with Crippen LogP contribution in [0.4, 0.5) is 14.5 Å². The first-order valence-corrected chi connectivity index (χ1v) is 8.91. The zero-order valence-electron chi connectivity index (χ0n) is 15.4. The fourth-order valence-corrected chi connectivity index (χ4v) is 2.48. The molecule has 148 valence electrons. The van der Waals surface area contributed by atoms with Crippen molar-refractivity contribution in [1.29, 1.82) is 0 Å². The summed E-state index contributed by atoms with van der Waals surface area (Å²) in [6, 6.07) is 3.54. The molecule has 0 radical (unpaired) electrons. The highest BCUT2D eigenvalue weighted by Gasteiger charge is 2.16. The van der Waals surface area contributed by atoms with Crippen molar-refractivity contribution < 1.29 is 13.6 Å². The van der Waals surface area contributed by atoms with Gasteiger partial charge in [-0.1, -0.05) is 31.0 Å². The number of nitrogens with zero attached hydrogens (tertiary/aromatic N) is 3. The van der Waals surface area contributed by atoms with E-state index in [1.807, 2.05) is 6.92 Å². The van der Waals surface area contributed by atoms with Gasteiger partial charge in [0.15, 0.2) is 5.69 Å². The third-order valence-corrected chi connectivity index (χ3v) is 3.89. The van der Waals surface area contributed by atoms with E-state index >= 15 is 0 Å². The van der Waals surface area contributed by atoms with E-state index in [0.29, 0.717) is 5.69 Å². The smallest absolute Gasteiger partial charge is 0.280 e. The average Bonchev–Trinajstić information content (AvgIpc) is 2.62. The van der Waals surface area contributed by atoms with Crippen molar-refractivity contribution in [3.8, 4) is 0 Å². The van der Waals surface area contributed by atoms with E-state index in [1.54, 1.807) is 13.0 Å². The van der Waals surface area contributed by atoms with E-state index in [9.17, 15) is 18.4 Å². The number of anilines is 1. The minimum atomic E-state index is -0.838. The van der Waals surface area contributed by atoms with Crippen LogP contribution in [-0.4, -0.2) is 20.7 Å². The summed E-state index contributed by atoms with van der Waals surface area (Å²) in [6.07, 6.45) is 5.63. The molecule has 0 bridgehead atoms. The second kappa shape index (κ2) is 9.89. The van der Waals surface area contributed by atoms with Crippen molar-refractivity contribution in [3.63, 3.8) is 0 Å². The third-order valence-electron chi connectivity index (χ3n) is 3.62. The second-order valence-corrected chi connectivity index (χ2v) is 6.38. The van der Waals surface area contributed by atoms with Gasteiger partial charge in [0.05, 0.1) is 6.54 Å². The molecule has 0 atom stereocenters. The number of unbranched alkanes of at least 4 members (excludes halogenated alkanes) is 1. The molecule has 0 aliphatic rings. The number of nitrogens with one attached hydrogen (secondary N) is 1. The van der Waals surface area contributed by atoms with E-state index < -0.39 is 28.8 Å². The Bertz CT molecular complexity index is 986. The maximum atomic E-state index is 14.2. The highest BCUT2D eigenvalue weighted by Crippen LogP contribution is 2.13. The predicted molar refractivity (Wildman–Crippen MR) is 103 cm³/mol. The lowest BCUT2D eigenvalue weighted by Gasteiger charge is -2.10. The normalized spacial score (nSPS) is 12.2. The first kappa shape index (κ1) is 21.4. The Labute approximate surface area is 165 Å². The molecule has 6 nitrogen and oxygen atoms in total. The minimum Gasteiger partial charge on any atom is -0.320 e. The Hall–Kier alpha value is -2.87.